The molecule has 0 aliphatic carbocycles. The molecule has 0 aliphatic heterocycles. The van der Waals surface area contributed by atoms with Gasteiger partial charge in [-0.15, -0.1) is 0 Å². The van der Waals surface area contributed by atoms with Gasteiger partial charge in [0.1, 0.15) is 0 Å². The van der Waals surface area contributed by atoms with E-state index >= 15 is 0 Å². The molecule has 0 amide bonds. The zero-order chi connectivity index (χ0) is 13.5. The maximum absolute atomic E-state index is 6.13. The van der Waals surface area contributed by atoms with Crippen molar-refractivity contribution in [1.82, 2.24) is 0 Å². The summed E-state index contributed by atoms with van der Waals surface area (Å²) in [6, 6.07) is 20.6. The van der Waals surface area contributed by atoms with Gasteiger partial charge in [0, 0.05) is 0 Å². The first-order chi connectivity index (χ1) is 9.25. The van der Waals surface area contributed by atoms with Crippen LogP contribution in [0, 0.1) is 6.58 Å². The van der Waals surface area contributed by atoms with Crippen LogP contribution in [0.3, 0.4) is 0 Å². The zero-order valence-corrected chi connectivity index (χ0v) is 11.3. The van der Waals surface area contributed by atoms with Crippen LogP contribution in [0.25, 0.3) is 11.6 Å². The van der Waals surface area contributed by atoms with Gasteiger partial charge in [0.15, 0.2) is 0 Å². The average Bonchev–Trinajstić information content (AvgIpc) is 2.47. The van der Waals surface area contributed by atoms with Crippen molar-refractivity contribution in [2.24, 2.45) is 0 Å². The molecule has 0 aromatic heterocycles. The SMILES string of the molecule is [CH]=C(CCC(C)=Cc1ccccc1)c1ccccc1. The molecule has 0 spiro atoms. The van der Waals surface area contributed by atoms with E-state index in [1.807, 2.05) is 24.3 Å². The molecule has 95 valence electrons. The van der Waals surface area contributed by atoms with Crippen LogP contribution in [0.1, 0.15) is 30.9 Å². The van der Waals surface area contributed by atoms with Crippen LogP contribution < -0.4 is 0 Å². The Morgan fingerprint density at radius 2 is 1.47 bits per heavy atom. The fourth-order valence-electron chi connectivity index (χ4n) is 2.03. The summed E-state index contributed by atoms with van der Waals surface area (Å²) in [4.78, 5) is 0. The fraction of sp³-hybridized carbons (Fsp3) is 0.158. The van der Waals surface area contributed by atoms with Crippen LogP contribution in [0.2, 0.25) is 0 Å². The Hall–Kier alpha value is -2.08. The lowest BCUT2D eigenvalue weighted by Crippen LogP contribution is -1.85. The van der Waals surface area contributed by atoms with Crippen LogP contribution in [-0.2, 0) is 0 Å². The van der Waals surface area contributed by atoms with Crippen molar-refractivity contribution in [2.75, 3.05) is 0 Å². The van der Waals surface area contributed by atoms with Gasteiger partial charge in [-0.2, -0.15) is 0 Å². The highest BCUT2D eigenvalue weighted by Gasteiger charge is 1.99. The van der Waals surface area contributed by atoms with Crippen LogP contribution in [0.15, 0.2) is 66.2 Å². The molecule has 0 bridgehead atoms. The molecule has 19 heavy (non-hydrogen) atoms. The molecule has 2 aromatic carbocycles. The lowest BCUT2D eigenvalue weighted by Gasteiger charge is -2.06. The summed E-state index contributed by atoms with van der Waals surface area (Å²) >= 11 is 0. The van der Waals surface area contributed by atoms with Crippen molar-refractivity contribution in [3.8, 4) is 0 Å². The summed E-state index contributed by atoms with van der Waals surface area (Å²) in [6.45, 7) is 8.28. The molecule has 0 nitrogen and oxygen atoms in total. The predicted molar refractivity (Wildman–Crippen MR) is 83.5 cm³/mol. The van der Waals surface area contributed by atoms with Gasteiger partial charge in [0.2, 0.25) is 0 Å². The van der Waals surface area contributed by atoms with Crippen molar-refractivity contribution < 1.29 is 0 Å². The van der Waals surface area contributed by atoms with Crippen LogP contribution in [-0.4, -0.2) is 0 Å². The number of hydrogen-bond donors (Lipinski definition) is 0. The summed E-state index contributed by atoms with van der Waals surface area (Å²) in [6.07, 6.45) is 4.12. The van der Waals surface area contributed by atoms with Crippen molar-refractivity contribution in [3.63, 3.8) is 0 Å². The van der Waals surface area contributed by atoms with Gasteiger partial charge in [-0.25, -0.2) is 0 Å². The lowest BCUT2D eigenvalue weighted by molar-refractivity contribution is 1.00. The highest BCUT2D eigenvalue weighted by Crippen LogP contribution is 2.20. The third-order valence-electron chi connectivity index (χ3n) is 3.15. The van der Waals surface area contributed by atoms with Crippen molar-refractivity contribution in [1.29, 1.82) is 0 Å². The first-order valence-corrected chi connectivity index (χ1v) is 6.64. The van der Waals surface area contributed by atoms with E-state index in [9.17, 15) is 0 Å². The Balaban J connectivity index is 1.92. The monoisotopic (exact) mass is 247 g/mol. The van der Waals surface area contributed by atoms with E-state index in [1.165, 1.54) is 11.1 Å². The van der Waals surface area contributed by atoms with Gasteiger partial charge in [0.25, 0.3) is 0 Å². The molecule has 0 saturated heterocycles. The average molecular weight is 247 g/mol. The van der Waals surface area contributed by atoms with E-state index in [0.717, 1.165) is 24.0 Å². The highest BCUT2D eigenvalue weighted by molar-refractivity contribution is 5.62. The normalized spacial score (nSPS) is 11.3. The molecule has 0 unspecified atom stereocenters. The van der Waals surface area contributed by atoms with Crippen molar-refractivity contribution in [2.45, 2.75) is 19.8 Å². The summed E-state index contributed by atoms with van der Waals surface area (Å²) in [5.74, 6) is 0. The minimum atomic E-state index is 0.902. The van der Waals surface area contributed by atoms with E-state index in [4.69, 9.17) is 6.58 Å². The second-order valence-electron chi connectivity index (χ2n) is 4.79. The Labute approximate surface area is 116 Å². The standard InChI is InChI=1S/C19H19/c1-16(15-18-9-5-3-6-10-18)13-14-17(2)19-11-7-4-8-12-19/h2-12,15H,13-14H2,1H3. The summed E-state index contributed by atoms with van der Waals surface area (Å²) in [5.41, 5.74) is 4.69. The smallest absolute Gasteiger partial charge is 0.0224 e. The van der Waals surface area contributed by atoms with Crippen molar-refractivity contribution >= 4 is 11.6 Å². The predicted octanol–water partition coefficient (Wildman–Crippen LogP) is 5.39. The van der Waals surface area contributed by atoms with E-state index in [2.05, 4.69) is 49.4 Å². The Morgan fingerprint density at radius 3 is 2.11 bits per heavy atom. The number of allylic oxidation sites excluding steroid dienone is 2. The second kappa shape index (κ2) is 6.75. The lowest BCUT2D eigenvalue weighted by atomic mass is 9.99. The van der Waals surface area contributed by atoms with E-state index in [-0.39, 0.29) is 0 Å². The molecule has 0 heterocycles. The van der Waals surface area contributed by atoms with E-state index in [1.54, 1.807) is 0 Å². The zero-order valence-electron chi connectivity index (χ0n) is 11.3. The first kappa shape index (κ1) is 13.4. The van der Waals surface area contributed by atoms with E-state index in [0.29, 0.717) is 0 Å². The van der Waals surface area contributed by atoms with Crippen LogP contribution in [0.5, 0.6) is 0 Å². The molecule has 0 aliphatic rings. The topological polar surface area (TPSA) is 0 Å². The maximum Gasteiger partial charge on any atom is -0.0224 e. The Bertz CT molecular complexity index is 547. The third kappa shape index (κ3) is 4.26. The maximum atomic E-state index is 6.13. The largest absolute Gasteiger partial charge is 0.0724 e. The second-order valence-corrected chi connectivity index (χ2v) is 4.79. The number of benzene rings is 2. The first-order valence-electron chi connectivity index (χ1n) is 6.64. The fourth-order valence-corrected chi connectivity index (χ4v) is 2.03. The minimum absolute atomic E-state index is 0.902. The molecule has 1 radical (unpaired) electrons. The van der Waals surface area contributed by atoms with Gasteiger partial charge in [-0.3, -0.25) is 0 Å². The summed E-state index contributed by atoms with van der Waals surface area (Å²) in [7, 11) is 0. The number of hydrogen-bond acceptors (Lipinski definition) is 0. The van der Waals surface area contributed by atoms with Gasteiger partial charge in [-0.05, 0) is 36.5 Å². The van der Waals surface area contributed by atoms with E-state index < -0.39 is 0 Å². The number of rotatable bonds is 5. The highest BCUT2D eigenvalue weighted by atomic mass is 14.0. The Kier molecular flexibility index (Phi) is 4.74. The molecule has 0 fully saturated rings. The van der Waals surface area contributed by atoms with Gasteiger partial charge in [-0.1, -0.05) is 78.9 Å². The van der Waals surface area contributed by atoms with Crippen LogP contribution >= 0.6 is 0 Å². The molecule has 0 atom stereocenters. The summed E-state index contributed by atoms with van der Waals surface area (Å²) in [5, 5.41) is 0. The van der Waals surface area contributed by atoms with Crippen molar-refractivity contribution in [3.05, 3.63) is 83.9 Å². The van der Waals surface area contributed by atoms with Gasteiger partial charge in [0.05, 0.1) is 0 Å². The van der Waals surface area contributed by atoms with Crippen LogP contribution in [0.4, 0.5) is 0 Å². The molecular formula is C19H19. The molecular weight excluding hydrogens is 228 g/mol. The third-order valence-corrected chi connectivity index (χ3v) is 3.15. The summed E-state index contributed by atoms with van der Waals surface area (Å²) < 4.78 is 0. The minimum Gasteiger partial charge on any atom is -0.0724 e. The molecule has 0 saturated carbocycles. The molecule has 0 N–H and O–H groups in total. The molecule has 2 aromatic rings. The quantitative estimate of drug-likeness (QED) is 0.664. The Morgan fingerprint density at radius 1 is 0.895 bits per heavy atom. The van der Waals surface area contributed by atoms with Gasteiger partial charge < -0.3 is 0 Å². The molecule has 0 heteroatoms. The van der Waals surface area contributed by atoms with Gasteiger partial charge >= 0.3 is 0 Å². The molecule has 2 rings (SSSR count).